The predicted octanol–water partition coefficient (Wildman–Crippen LogP) is 4.34. The van der Waals surface area contributed by atoms with E-state index < -0.39 is 4.92 Å². The molecule has 8 heteroatoms. The monoisotopic (exact) mass is 458 g/mol. The van der Waals surface area contributed by atoms with Crippen molar-refractivity contribution in [1.82, 2.24) is 4.90 Å². The first-order chi connectivity index (χ1) is 16.5. The maximum Gasteiger partial charge on any atom is 0.293 e. The van der Waals surface area contributed by atoms with Crippen LogP contribution in [0.3, 0.4) is 0 Å². The van der Waals surface area contributed by atoms with E-state index in [9.17, 15) is 19.7 Å². The summed E-state index contributed by atoms with van der Waals surface area (Å²) in [4.78, 5) is 38.3. The van der Waals surface area contributed by atoms with Gasteiger partial charge in [0.15, 0.2) is 5.78 Å². The average molecular weight is 459 g/mol. The van der Waals surface area contributed by atoms with Crippen molar-refractivity contribution in [2.45, 2.75) is 18.9 Å². The number of likely N-dealkylation sites (tertiary alicyclic amines) is 1. The maximum absolute atomic E-state index is 12.7. The molecule has 0 radical (unpaired) electrons. The number of hydrogen-bond acceptors (Lipinski definition) is 6. The third kappa shape index (κ3) is 5.85. The maximum atomic E-state index is 12.7. The van der Waals surface area contributed by atoms with Crippen molar-refractivity contribution in [1.29, 1.82) is 0 Å². The Morgan fingerprint density at radius 3 is 2.21 bits per heavy atom. The fourth-order valence-corrected chi connectivity index (χ4v) is 4.08. The second-order valence-electron chi connectivity index (χ2n) is 8.29. The first kappa shape index (κ1) is 23.1. The van der Waals surface area contributed by atoms with Gasteiger partial charge in [0.1, 0.15) is 5.69 Å². The van der Waals surface area contributed by atoms with E-state index in [1.54, 1.807) is 36.4 Å². The molecule has 8 nitrogen and oxygen atoms in total. The molecule has 0 aliphatic carbocycles. The van der Waals surface area contributed by atoms with E-state index in [0.717, 1.165) is 18.5 Å². The zero-order valence-corrected chi connectivity index (χ0v) is 18.6. The zero-order chi connectivity index (χ0) is 23.9. The van der Waals surface area contributed by atoms with E-state index in [0.29, 0.717) is 30.9 Å². The van der Waals surface area contributed by atoms with E-state index in [-0.39, 0.29) is 29.0 Å². The topological polar surface area (TPSA) is 105 Å². The molecule has 34 heavy (non-hydrogen) atoms. The molecule has 1 aliphatic heterocycles. The molecule has 0 bridgehead atoms. The molecule has 4 rings (SSSR count). The van der Waals surface area contributed by atoms with Crippen LogP contribution in [0.2, 0.25) is 0 Å². The van der Waals surface area contributed by atoms with Crippen molar-refractivity contribution in [3.8, 4) is 0 Å². The van der Waals surface area contributed by atoms with Crippen LogP contribution in [0, 0.1) is 10.1 Å². The van der Waals surface area contributed by atoms with Crippen LogP contribution in [0.15, 0.2) is 78.9 Å². The number of anilines is 2. The summed E-state index contributed by atoms with van der Waals surface area (Å²) in [5.74, 6) is -0.316. The number of hydrogen-bond donors (Lipinski definition) is 2. The van der Waals surface area contributed by atoms with E-state index in [1.807, 2.05) is 36.4 Å². The third-order valence-electron chi connectivity index (χ3n) is 5.86. The SMILES string of the molecule is O=C(CN1CCC(Nc2ccc(C(=O)c3ccccc3)cc2[N+](=O)[O-])CC1)Nc1ccccc1. The van der Waals surface area contributed by atoms with Gasteiger partial charge in [-0.25, -0.2) is 0 Å². The minimum Gasteiger partial charge on any atom is -0.377 e. The number of para-hydroxylation sites is 1. The average Bonchev–Trinajstić information content (AvgIpc) is 2.86. The number of ketones is 1. The smallest absolute Gasteiger partial charge is 0.293 e. The summed E-state index contributed by atoms with van der Waals surface area (Å²) in [6.07, 6.45) is 1.50. The molecule has 3 aromatic carbocycles. The van der Waals surface area contributed by atoms with Crippen LogP contribution >= 0.6 is 0 Å². The molecule has 0 spiro atoms. The summed E-state index contributed by atoms with van der Waals surface area (Å²) in [6.45, 7) is 1.72. The molecule has 2 N–H and O–H groups in total. The van der Waals surface area contributed by atoms with Crippen LogP contribution < -0.4 is 10.6 Å². The second kappa shape index (κ2) is 10.7. The van der Waals surface area contributed by atoms with Gasteiger partial charge in [0.2, 0.25) is 5.91 Å². The Morgan fingerprint density at radius 2 is 1.56 bits per heavy atom. The van der Waals surface area contributed by atoms with Gasteiger partial charge in [0, 0.05) is 42.0 Å². The van der Waals surface area contributed by atoms with Crippen molar-refractivity contribution in [2.75, 3.05) is 30.3 Å². The fraction of sp³-hybridized carbons (Fsp3) is 0.231. The number of carbonyl (C=O) groups excluding carboxylic acids is 2. The highest BCUT2D eigenvalue weighted by atomic mass is 16.6. The van der Waals surface area contributed by atoms with Crippen LogP contribution in [0.4, 0.5) is 17.1 Å². The van der Waals surface area contributed by atoms with E-state index in [1.165, 1.54) is 6.07 Å². The Balaban J connectivity index is 1.34. The Kier molecular flexibility index (Phi) is 7.29. The minimum absolute atomic E-state index is 0.0443. The molecule has 0 aromatic heterocycles. The summed E-state index contributed by atoms with van der Waals surface area (Å²) >= 11 is 0. The standard InChI is InChI=1S/C26H26N4O4/c31-25(28-21-9-5-2-6-10-21)18-29-15-13-22(14-16-29)27-23-12-11-20(17-24(23)30(33)34)26(32)19-7-3-1-4-8-19/h1-12,17,22,27H,13-16,18H2,(H,28,31). The first-order valence-electron chi connectivity index (χ1n) is 11.2. The number of rotatable bonds is 8. The van der Waals surface area contributed by atoms with Gasteiger partial charge in [-0.2, -0.15) is 0 Å². The van der Waals surface area contributed by atoms with Gasteiger partial charge in [-0.3, -0.25) is 24.6 Å². The van der Waals surface area contributed by atoms with Gasteiger partial charge in [-0.05, 0) is 37.1 Å². The number of amides is 1. The molecule has 174 valence electrons. The molecule has 1 fully saturated rings. The van der Waals surface area contributed by atoms with Gasteiger partial charge in [0.25, 0.3) is 5.69 Å². The van der Waals surface area contributed by atoms with Gasteiger partial charge >= 0.3 is 0 Å². The van der Waals surface area contributed by atoms with Gasteiger partial charge < -0.3 is 10.6 Å². The number of piperidine rings is 1. The molecular formula is C26H26N4O4. The minimum atomic E-state index is -0.465. The van der Waals surface area contributed by atoms with E-state index >= 15 is 0 Å². The fourth-order valence-electron chi connectivity index (χ4n) is 4.08. The highest BCUT2D eigenvalue weighted by Crippen LogP contribution is 2.29. The van der Waals surface area contributed by atoms with E-state index in [2.05, 4.69) is 15.5 Å². The Bertz CT molecular complexity index is 1160. The lowest BCUT2D eigenvalue weighted by atomic mass is 10.0. The number of carbonyl (C=O) groups is 2. The summed E-state index contributed by atoms with van der Waals surface area (Å²) < 4.78 is 0. The molecule has 1 saturated heterocycles. The normalized spacial score (nSPS) is 14.4. The summed E-state index contributed by atoms with van der Waals surface area (Å²) in [7, 11) is 0. The lowest BCUT2D eigenvalue weighted by Gasteiger charge is -2.32. The highest BCUT2D eigenvalue weighted by Gasteiger charge is 2.24. The van der Waals surface area contributed by atoms with E-state index in [4.69, 9.17) is 0 Å². The number of nitrogens with one attached hydrogen (secondary N) is 2. The van der Waals surface area contributed by atoms with Crippen molar-refractivity contribution in [3.05, 3.63) is 100 Å². The quantitative estimate of drug-likeness (QED) is 0.296. The summed E-state index contributed by atoms with van der Waals surface area (Å²) in [5.41, 5.74) is 1.82. The van der Waals surface area contributed by atoms with Crippen LogP contribution in [0.5, 0.6) is 0 Å². The lowest BCUT2D eigenvalue weighted by molar-refractivity contribution is -0.384. The lowest BCUT2D eigenvalue weighted by Crippen LogP contribution is -2.42. The Morgan fingerprint density at radius 1 is 0.912 bits per heavy atom. The molecule has 3 aromatic rings. The van der Waals surface area contributed by atoms with Crippen LogP contribution in [-0.2, 0) is 4.79 Å². The third-order valence-corrected chi connectivity index (χ3v) is 5.86. The van der Waals surface area contributed by atoms with Crippen molar-refractivity contribution < 1.29 is 14.5 Å². The number of benzene rings is 3. The number of nitrogens with zero attached hydrogens (tertiary/aromatic N) is 2. The molecule has 0 unspecified atom stereocenters. The number of nitro groups is 1. The Labute approximate surface area is 197 Å². The molecule has 1 heterocycles. The van der Waals surface area contributed by atoms with Crippen molar-refractivity contribution >= 4 is 28.8 Å². The van der Waals surface area contributed by atoms with Gasteiger partial charge in [-0.15, -0.1) is 0 Å². The van der Waals surface area contributed by atoms with Crippen LogP contribution in [-0.4, -0.2) is 47.2 Å². The summed E-state index contributed by atoms with van der Waals surface area (Å²) in [6, 6.07) is 22.6. The predicted molar refractivity (Wildman–Crippen MR) is 131 cm³/mol. The molecule has 0 saturated carbocycles. The van der Waals surface area contributed by atoms with Crippen LogP contribution in [0.25, 0.3) is 0 Å². The van der Waals surface area contributed by atoms with Gasteiger partial charge in [-0.1, -0.05) is 48.5 Å². The highest BCUT2D eigenvalue weighted by molar-refractivity contribution is 6.09. The summed E-state index contributed by atoms with van der Waals surface area (Å²) in [5, 5.41) is 17.9. The second-order valence-corrected chi connectivity index (χ2v) is 8.29. The van der Waals surface area contributed by atoms with Crippen molar-refractivity contribution in [3.63, 3.8) is 0 Å². The molecular weight excluding hydrogens is 432 g/mol. The zero-order valence-electron chi connectivity index (χ0n) is 18.6. The number of nitro benzene ring substituents is 1. The molecule has 1 amide bonds. The van der Waals surface area contributed by atoms with Gasteiger partial charge in [0.05, 0.1) is 11.5 Å². The van der Waals surface area contributed by atoms with Crippen molar-refractivity contribution in [2.24, 2.45) is 0 Å². The molecule has 1 aliphatic rings. The first-order valence-corrected chi connectivity index (χ1v) is 11.2. The largest absolute Gasteiger partial charge is 0.377 e. The van der Waals surface area contributed by atoms with Crippen LogP contribution in [0.1, 0.15) is 28.8 Å². The Hall–Kier alpha value is -4.04. The molecule has 0 atom stereocenters.